The first-order chi connectivity index (χ1) is 18.6. The van der Waals surface area contributed by atoms with E-state index in [1.165, 1.54) is 4.90 Å². The molecule has 3 aromatic rings. The van der Waals surface area contributed by atoms with E-state index in [0.717, 1.165) is 27.4 Å². The first-order valence-electron chi connectivity index (χ1n) is 13.4. The predicted octanol–water partition coefficient (Wildman–Crippen LogP) is 5.22. The molecule has 2 atom stereocenters. The van der Waals surface area contributed by atoms with Gasteiger partial charge in [0, 0.05) is 12.6 Å². The number of hydrogen-bond acceptors (Lipinski definition) is 4. The molecule has 2 amide bonds. The first kappa shape index (κ1) is 29.9. The van der Waals surface area contributed by atoms with E-state index in [1.807, 2.05) is 77.1 Å². The number of rotatable bonds is 12. The lowest BCUT2D eigenvalue weighted by atomic mass is 10.1. The van der Waals surface area contributed by atoms with Gasteiger partial charge in [-0.1, -0.05) is 80.1 Å². The van der Waals surface area contributed by atoms with Crippen LogP contribution in [-0.2, 0) is 26.2 Å². The molecule has 3 rings (SSSR count). The Kier molecular flexibility index (Phi) is 10.3. The van der Waals surface area contributed by atoms with Gasteiger partial charge in [-0.2, -0.15) is 0 Å². The SMILES string of the molecule is CC[C@@H](C)NC(=O)[C@@H](CC)N(Cc1ccccc1)C(=O)CN(c1ccccc1C)S(=O)(=O)c1ccc(C)cc1. The molecule has 8 heteroatoms. The van der Waals surface area contributed by atoms with Crippen LogP contribution in [0, 0.1) is 13.8 Å². The lowest BCUT2D eigenvalue weighted by molar-refractivity contribution is -0.140. The molecule has 208 valence electrons. The van der Waals surface area contributed by atoms with Crippen molar-refractivity contribution in [3.8, 4) is 0 Å². The zero-order valence-corrected chi connectivity index (χ0v) is 24.2. The fraction of sp³-hybridized carbons (Fsp3) is 0.355. The molecule has 0 bridgehead atoms. The van der Waals surface area contributed by atoms with Crippen LogP contribution >= 0.6 is 0 Å². The van der Waals surface area contributed by atoms with Gasteiger partial charge in [0.2, 0.25) is 11.8 Å². The highest BCUT2D eigenvalue weighted by Crippen LogP contribution is 2.27. The highest BCUT2D eigenvalue weighted by atomic mass is 32.2. The lowest BCUT2D eigenvalue weighted by Gasteiger charge is -2.34. The molecular weight excluding hydrogens is 510 g/mol. The zero-order valence-electron chi connectivity index (χ0n) is 23.4. The van der Waals surface area contributed by atoms with E-state index in [2.05, 4.69) is 5.32 Å². The fourth-order valence-corrected chi connectivity index (χ4v) is 5.81. The number of nitrogens with one attached hydrogen (secondary N) is 1. The number of carbonyl (C=O) groups is 2. The Hall–Kier alpha value is -3.65. The number of amides is 2. The van der Waals surface area contributed by atoms with Crippen LogP contribution in [0.2, 0.25) is 0 Å². The third-order valence-corrected chi connectivity index (χ3v) is 8.63. The summed E-state index contributed by atoms with van der Waals surface area (Å²) in [4.78, 5) is 29.0. The first-order valence-corrected chi connectivity index (χ1v) is 14.8. The summed E-state index contributed by atoms with van der Waals surface area (Å²) in [5, 5.41) is 2.99. The van der Waals surface area contributed by atoms with Gasteiger partial charge in [-0.3, -0.25) is 13.9 Å². The van der Waals surface area contributed by atoms with Gasteiger partial charge in [-0.15, -0.1) is 0 Å². The van der Waals surface area contributed by atoms with Crippen molar-refractivity contribution in [3.63, 3.8) is 0 Å². The number of sulfonamides is 1. The summed E-state index contributed by atoms with van der Waals surface area (Å²) in [7, 11) is -4.09. The summed E-state index contributed by atoms with van der Waals surface area (Å²) >= 11 is 0. The van der Waals surface area contributed by atoms with Crippen molar-refractivity contribution in [2.75, 3.05) is 10.8 Å². The molecular formula is C31H39N3O4S. The van der Waals surface area contributed by atoms with Crippen LogP contribution in [0.25, 0.3) is 0 Å². The van der Waals surface area contributed by atoms with Gasteiger partial charge < -0.3 is 10.2 Å². The van der Waals surface area contributed by atoms with Crippen molar-refractivity contribution in [3.05, 3.63) is 95.6 Å². The van der Waals surface area contributed by atoms with Gasteiger partial charge in [0.1, 0.15) is 12.6 Å². The maximum absolute atomic E-state index is 14.1. The molecule has 7 nitrogen and oxygen atoms in total. The third kappa shape index (κ3) is 7.47. The van der Waals surface area contributed by atoms with Gasteiger partial charge in [-0.25, -0.2) is 8.42 Å². The average Bonchev–Trinajstić information content (AvgIpc) is 2.92. The van der Waals surface area contributed by atoms with Crippen molar-refractivity contribution < 1.29 is 18.0 Å². The summed E-state index contributed by atoms with van der Waals surface area (Å²) < 4.78 is 29.1. The summed E-state index contributed by atoms with van der Waals surface area (Å²) in [5.41, 5.74) is 2.92. The number of para-hydroxylation sites is 1. The number of benzene rings is 3. The summed E-state index contributed by atoms with van der Waals surface area (Å²) in [5.74, 6) is -0.705. The van der Waals surface area contributed by atoms with E-state index in [1.54, 1.807) is 36.4 Å². The third-order valence-electron chi connectivity index (χ3n) is 6.85. The summed E-state index contributed by atoms with van der Waals surface area (Å²) in [6, 6.07) is 22.3. The van der Waals surface area contributed by atoms with Crippen LogP contribution in [0.5, 0.6) is 0 Å². The van der Waals surface area contributed by atoms with E-state index in [0.29, 0.717) is 12.1 Å². The molecule has 0 saturated carbocycles. The standard InChI is InChI=1S/C31H39N3O4S/c1-6-25(5)32-31(36)28(7-2)33(21-26-14-9-8-10-15-26)30(35)22-34(29-16-12-11-13-24(29)4)39(37,38)27-19-17-23(3)18-20-27/h8-20,25,28H,6-7,21-22H2,1-5H3,(H,32,36)/t25-,28-/m1/s1. The van der Waals surface area contributed by atoms with Crippen LogP contribution in [0.15, 0.2) is 83.8 Å². The van der Waals surface area contributed by atoms with Crippen molar-refractivity contribution in [2.45, 2.75) is 71.0 Å². The highest BCUT2D eigenvalue weighted by molar-refractivity contribution is 7.92. The molecule has 0 fully saturated rings. The van der Waals surface area contributed by atoms with E-state index in [9.17, 15) is 18.0 Å². The Bertz CT molecular complexity index is 1360. The Morgan fingerprint density at radius 2 is 1.46 bits per heavy atom. The normalized spacial score (nSPS) is 12.8. The van der Waals surface area contributed by atoms with Crippen LogP contribution in [-0.4, -0.2) is 43.8 Å². The Balaban J connectivity index is 2.05. The second-order valence-electron chi connectivity index (χ2n) is 9.86. The van der Waals surface area contributed by atoms with Gasteiger partial charge in [0.05, 0.1) is 10.6 Å². The number of anilines is 1. The largest absolute Gasteiger partial charge is 0.352 e. The maximum atomic E-state index is 14.1. The molecule has 0 spiro atoms. The number of hydrogen-bond donors (Lipinski definition) is 1. The smallest absolute Gasteiger partial charge is 0.264 e. The van der Waals surface area contributed by atoms with Gasteiger partial charge >= 0.3 is 0 Å². The molecule has 0 aliphatic carbocycles. The van der Waals surface area contributed by atoms with Crippen LogP contribution in [0.3, 0.4) is 0 Å². The molecule has 0 heterocycles. The van der Waals surface area contributed by atoms with Crippen molar-refractivity contribution >= 4 is 27.5 Å². The molecule has 0 aromatic heterocycles. The quantitative estimate of drug-likeness (QED) is 0.336. The van der Waals surface area contributed by atoms with Gasteiger partial charge in [-0.05, 0) is 62.9 Å². The minimum atomic E-state index is -4.09. The van der Waals surface area contributed by atoms with E-state index >= 15 is 0 Å². The van der Waals surface area contributed by atoms with Gasteiger partial charge in [0.25, 0.3) is 10.0 Å². The molecule has 3 aromatic carbocycles. The molecule has 39 heavy (non-hydrogen) atoms. The fourth-order valence-electron chi connectivity index (χ4n) is 4.33. The topological polar surface area (TPSA) is 86.8 Å². The minimum Gasteiger partial charge on any atom is -0.352 e. The number of carbonyl (C=O) groups excluding carboxylic acids is 2. The second-order valence-corrected chi connectivity index (χ2v) is 11.7. The molecule has 0 aliphatic heterocycles. The van der Waals surface area contributed by atoms with Gasteiger partial charge in [0.15, 0.2) is 0 Å². The van der Waals surface area contributed by atoms with E-state index < -0.39 is 28.5 Å². The lowest BCUT2D eigenvalue weighted by Crippen LogP contribution is -2.53. The van der Waals surface area contributed by atoms with Crippen LogP contribution < -0.4 is 9.62 Å². The molecule has 1 N–H and O–H groups in total. The van der Waals surface area contributed by atoms with Crippen LogP contribution in [0.4, 0.5) is 5.69 Å². The van der Waals surface area contributed by atoms with Crippen molar-refractivity contribution in [1.82, 2.24) is 10.2 Å². The molecule has 0 aliphatic rings. The second kappa shape index (κ2) is 13.4. The van der Waals surface area contributed by atoms with Crippen molar-refractivity contribution in [1.29, 1.82) is 0 Å². The predicted molar refractivity (Wildman–Crippen MR) is 156 cm³/mol. The highest BCUT2D eigenvalue weighted by Gasteiger charge is 2.34. The monoisotopic (exact) mass is 549 g/mol. The zero-order chi connectivity index (χ0) is 28.6. The molecule has 0 saturated heterocycles. The van der Waals surface area contributed by atoms with E-state index in [4.69, 9.17) is 0 Å². The summed E-state index contributed by atoms with van der Waals surface area (Å²) in [6.45, 7) is 9.19. The number of aryl methyl sites for hydroxylation is 2. The maximum Gasteiger partial charge on any atom is 0.264 e. The minimum absolute atomic E-state index is 0.0504. The molecule has 0 unspecified atom stereocenters. The Morgan fingerprint density at radius 3 is 2.05 bits per heavy atom. The molecule has 0 radical (unpaired) electrons. The van der Waals surface area contributed by atoms with E-state index in [-0.39, 0.29) is 23.4 Å². The Morgan fingerprint density at radius 1 is 0.846 bits per heavy atom. The van der Waals surface area contributed by atoms with Crippen LogP contribution in [0.1, 0.15) is 50.3 Å². The average molecular weight is 550 g/mol. The summed E-state index contributed by atoms with van der Waals surface area (Å²) in [6.07, 6.45) is 1.14. The number of nitrogens with zero attached hydrogens (tertiary/aromatic N) is 2. The van der Waals surface area contributed by atoms with Crippen molar-refractivity contribution in [2.24, 2.45) is 0 Å². The Labute approximate surface area is 232 Å².